The first kappa shape index (κ1) is 6.71. The van der Waals surface area contributed by atoms with Crippen LogP contribution in [-0.4, -0.2) is 25.6 Å². The van der Waals surface area contributed by atoms with E-state index in [2.05, 4.69) is 25.6 Å². The van der Waals surface area contributed by atoms with Gasteiger partial charge in [0.1, 0.15) is 6.20 Å². The van der Waals surface area contributed by atoms with E-state index in [1.165, 1.54) is 6.20 Å². The lowest BCUT2D eigenvalue weighted by Gasteiger charge is -1.95. The van der Waals surface area contributed by atoms with Crippen LogP contribution in [0.4, 0.5) is 0 Å². The largest absolute Gasteiger partial charge is 0.416 e. The minimum Gasteiger partial charge on any atom is -0.416 e. The second-order valence-electron chi connectivity index (χ2n) is 1.97. The number of aromatic nitrogens is 5. The lowest BCUT2D eigenvalue weighted by Crippen LogP contribution is -1.88. The highest BCUT2D eigenvalue weighted by Crippen LogP contribution is 2.11. The zero-order valence-electron chi connectivity index (χ0n) is 6.01. The van der Waals surface area contributed by atoms with E-state index in [4.69, 9.17) is 4.74 Å². The molecule has 6 heteroatoms. The third-order valence-electron chi connectivity index (χ3n) is 1.15. The molecule has 0 aliphatic heterocycles. The number of hydrogen-bond acceptors (Lipinski definition) is 5. The van der Waals surface area contributed by atoms with Crippen LogP contribution in [0, 0.1) is 0 Å². The summed E-state index contributed by atoms with van der Waals surface area (Å²) in [5, 5.41) is 17.0. The minimum absolute atomic E-state index is 0.371. The highest BCUT2D eigenvalue weighted by atomic mass is 16.5. The third kappa shape index (κ3) is 1.36. The van der Waals surface area contributed by atoms with Gasteiger partial charge in [-0.3, -0.25) is 0 Å². The molecule has 0 bridgehead atoms. The summed E-state index contributed by atoms with van der Waals surface area (Å²) < 4.78 is 5.14. The van der Waals surface area contributed by atoms with E-state index in [0.29, 0.717) is 11.8 Å². The van der Waals surface area contributed by atoms with Gasteiger partial charge in [0, 0.05) is 12.3 Å². The molecule has 0 atom stereocenters. The molecule has 0 unspecified atom stereocenters. The van der Waals surface area contributed by atoms with Crippen molar-refractivity contribution in [1.82, 2.24) is 25.6 Å². The van der Waals surface area contributed by atoms with E-state index in [0.717, 1.165) is 0 Å². The van der Waals surface area contributed by atoms with Crippen molar-refractivity contribution < 1.29 is 4.74 Å². The first-order chi connectivity index (χ1) is 5.95. The fourth-order valence-corrected chi connectivity index (χ4v) is 0.689. The molecule has 2 rings (SSSR count). The van der Waals surface area contributed by atoms with Crippen LogP contribution in [0.1, 0.15) is 0 Å². The molecule has 12 heavy (non-hydrogen) atoms. The summed E-state index contributed by atoms with van der Waals surface area (Å²) in [4.78, 5) is 0. The SMILES string of the molecule is c1cnnc(Oc2cn[nH]n2)c1. The van der Waals surface area contributed by atoms with E-state index >= 15 is 0 Å². The van der Waals surface area contributed by atoms with Gasteiger partial charge in [-0.2, -0.15) is 15.4 Å². The molecule has 1 N–H and O–H groups in total. The van der Waals surface area contributed by atoms with Gasteiger partial charge in [-0.1, -0.05) is 0 Å². The molecule has 2 aromatic rings. The Balaban J connectivity index is 2.15. The summed E-state index contributed by atoms with van der Waals surface area (Å²) in [5.74, 6) is 0.766. The van der Waals surface area contributed by atoms with E-state index in [1.54, 1.807) is 18.3 Å². The fraction of sp³-hybridized carbons (Fsp3) is 0. The molecule has 0 aromatic carbocycles. The lowest BCUT2D eigenvalue weighted by molar-refractivity contribution is 0.436. The normalized spacial score (nSPS) is 9.67. The first-order valence-corrected chi connectivity index (χ1v) is 3.26. The second kappa shape index (κ2) is 2.95. The Hall–Kier alpha value is -1.98. The number of nitrogens with zero attached hydrogens (tertiary/aromatic N) is 4. The Morgan fingerprint density at radius 2 is 2.33 bits per heavy atom. The van der Waals surface area contributed by atoms with Crippen molar-refractivity contribution in [3.05, 3.63) is 24.5 Å². The van der Waals surface area contributed by atoms with Gasteiger partial charge in [-0.25, -0.2) is 0 Å². The summed E-state index contributed by atoms with van der Waals surface area (Å²) in [6, 6.07) is 3.41. The number of aromatic amines is 1. The molecule has 60 valence electrons. The molecule has 0 amide bonds. The van der Waals surface area contributed by atoms with Crippen molar-refractivity contribution in [2.45, 2.75) is 0 Å². The molecular weight excluding hydrogens is 158 g/mol. The standard InChI is InChI=1S/C6H5N5O/c1-2-5(9-7-3-1)12-6-4-8-11-10-6/h1-4H,(H,8,10,11). The molecule has 0 saturated carbocycles. The third-order valence-corrected chi connectivity index (χ3v) is 1.15. The number of ether oxygens (including phenoxy) is 1. The van der Waals surface area contributed by atoms with Crippen molar-refractivity contribution in [1.29, 1.82) is 0 Å². The fourth-order valence-electron chi connectivity index (χ4n) is 0.689. The molecule has 0 aliphatic carbocycles. The van der Waals surface area contributed by atoms with Crippen LogP contribution in [0.15, 0.2) is 24.5 Å². The maximum absolute atomic E-state index is 5.14. The van der Waals surface area contributed by atoms with Gasteiger partial charge in [0.25, 0.3) is 5.88 Å². The number of rotatable bonds is 2. The summed E-state index contributed by atoms with van der Waals surface area (Å²) in [7, 11) is 0. The van der Waals surface area contributed by atoms with Crippen molar-refractivity contribution >= 4 is 0 Å². The quantitative estimate of drug-likeness (QED) is 0.692. The maximum atomic E-state index is 5.14. The molecule has 2 heterocycles. The van der Waals surface area contributed by atoms with Crippen molar-refractivity contribution in [3.63, 3.8) is 0 Å². The smallest absolute Gasteiger partial charge is 0.260 e. The molecule has 2 aromatic heterocycles. The number of hydrogen-bond donors (Lipinski definition) is 1. The van der Waals surface area contributed by atoms with E-state index in [-0.39, 0.29) is 0 Å². The van der Waals surface area contributed by atoms with Gasteiger partial charge in [-0.15, -0.1) is 10.2 Å². The van der Waals surface area contributed by atoms with Crippen molar-refractivity contribution in [2.75, 3.05) is 0 Å². The van der Waals surface area contributed by atoms with E-state index in [1.807, 2.05) is 0 Å². The van der Waals surface area contributed by atoms with E-state index < -0.39 is 0 Å². The Morgan fingerprint density at radius 3 is 3.00 bits per heavy atom. The van der Waals surface area contributed by atoms with Crippen LogP contribution >= 0.6 is 0 Å². The highest BCUT2D eigenvalue weighted by molar-refractivity contribution is 5.13. The lowest BCUT2D eigenvalue weighted by atomic mass is 10.6. The van der Waals surface area contributed by atoms with Crippen molar-refractivity contribution in [3.8, 4) is 11.8 Å². The van der Waals surface area contributed by atoms with Gasteiger partial charge in [0.05, 0.1) is 0 Å². The zero-order valence-corrected chi connectivity index (χ0v) is 6.01. The average molecular weight is 163 g/mol. The summed E-state index contributed by atoms with van der Waals surface area (Å²) in [6.07, 6.45) is 3.02. The van der Waals surface area contributed by atoms with Crippen LogP contribution in [0.5, 0.6) is 11.8 Å². The van der Waals surface area contributed by atoms with Crippen LogP contribution in [0.3, 0.4) is 0 Å². The first-order valence-electron chi connectivity index (χ1n) is 3.26. The van der Waals surface area contributed by atoms with Gasteiger partial charge in [-0.05, 0) is 6.07 Å². The summed E-state index contributed by atoms with van der Waals surface area (Å²) in [6.45, 7) is 0. The molecule has 0 saturated heterocycles. The molecule has 0 fully saturated rings. The van der Waals surface area contributed by atoms with Gasteiger partial charge in [0.2, 0.25) is 5.88 Å². The van der Waals surface area contributed by atoms with Crippen LogP contribution in [-0.2, 0) is 0 Å². The average Bonchev–Trinajstić information content (AvgIpc) is 2.59. The predicted octanol–water partition coefficient (Wildman–Crippen LogP) is 0.387. The number of nitrogens with one attached hydrogen (secondary N) is 1. The van der Waals surface area contributed by atoms with Crippen LogP contribution in [0.25, 0.3) is 0 Å². The Bertz CT molecular complexity index is 332. The molecule has 0 radical (unpaired) electrons. The summed E-state index contributed by atoms with van der Waals surface area (Å²) in [5.41, 5.74) is 0. The van der Waals surface area contributed by atoms with E-state index in [9.17, 15) is 0 Å². The predicted molar refractivity (Wildman–Crippen MR) is 38.5 cm³/mol. The highest BCUT2D eigenvalue weighted by Gasteiger charge is 1.98. The monoisotopic (exact) mass is 163 g/mol. The molecule has 0 spiro atoms. The van der Waals surface area contributed by atoms with Crippen LogP contribution < -0.4 is 4.74 Å². The van der Waals surface area contributed by atoms with Crippen LogP contribution in [0.2, 0.25) is 0 Å². The number of H-pyrrole nitrogens is 1. The molecular formula is C6H5N5O. The second-order valence-corrected chi connectivity index (χ2v) is 1.97. The maximum Gasteiger partial charge on any atom is 0.260 e. The van der Waals surface area contributed by atoms with Gasteiger partial charge in [0.15, 0.2) is 0 Å². The van der Waals surface area contributed by atoms with Gasteiger partial charge >= 0.3 is 0 Å². The molecule has 6 nitrogen and oxygen atoms in total. The molecule has 0 aliphatic rings. The Kier molecular flexibility index (Phi) is 1.65. The topological polar surface area (TPSA) is 76.6 Å². The minimum atomic E-state index is 0.371. The van der Waals surface area contributed by atoms with Crippen molar-refractivity contribution in [2.24, 2.45) is 0 Å². The Morgan fingerprint density at radius 1 is 1.33 bits per heavy atom. The Labute approximate surface area is 67.6 Å². The zero-order chi connectivity index (χ0) is 8.23. The summed E-state index contributed by atoms with van der Waals surface area (Å²) >= 11 is 0. The van der Waals surface area contributed by atoms with Gasteiger partial charge < -0.3 is 4.74 Å².